The molecule has 26 heavy (non-hydrogen) atoms. The minimum Gasteiger partial charge on any atom is -0.496 e. The first-order valence-electron chi connectivity index (χ1n) is 8.77. The Labute approximate surface area is 154 Å². The first-order chi connectivity index (χ1) is 12.6. The topological polar surface area (TPSA) is 57.2 Å². The Morgan fingerprint density at radius 1 is 1.08 bits per heavy atom. The molecule has 1 aromatic heterocycles. The number of nitrogens with zero attached hydrogens (tertiary/aromatic N) is 1. The maximum absolute atomic E-state index is 12.3. The van der Waals surface area contributed by atoms with Gasteiger partial charge in [-0.15, -0.1) is 0 Å². The number of hydrogen-bond donors (Lipinski definition) is 1. The number of nitrogens with two attached hydrogens (primary N) is 1. The molecule has 1 heterocycles. The van der Waals surface area contributed by atoms with Gasteiger partial charge in [0.05, 0.1) is 12.7 Å². The minimum atomic E-state index is -0.412. The van der Waals surface area contributed by atoms with Gasteiger partial charge in [-0.2, -0.15) is 0 Å². The van der Waals surface area contributed by atoms with Crippen LogP contribution in [0.4, 0.5) is 0 Å². The lowest BCUT2D eigenvalue weighted by molar-refractivity contribution is 0.1000. The van der Waals surface area contributed by atoms with E-state index in [1.165, 1.54) is 5.56 Å². The third-order valence-corrected chi connectivity index (χ3v) is 4.77. The molecule has 0 aliphatic rings. The number of primary amides is 1. The van der Waals surface area contributed by atoms with Crippen LogP contribution in [0.1, 0.15) is 34.2 Å². The molecule has 0 bridgehead atoms. The molecule has 0 aliphatic heterocycles. The standard InChI is InChI=1S/C22H24N2O2/c1-4-18-21(17-12-8-9-13-19(17)26-3)20(22(23)25)15(2)24(18)14-16-10-6-5-7-11-16/h5-13H,4,14H2,1-3H3,(H2,23,25). The zero-order valence-corrected chi connectivity index (χ0v) is 15.5. The lowest BCUT2D eigenvalue weighted by atomic mass is 9.98. The summed E-state index contributed by atoms with van der Waals surface area (Å²) in [5.41, 5.74) is 11.3. The minimum absolute atomic E-state index is 0.412. The summed E-state index contributed by atoms with van der Waals surface area (Å²) in [7, 11) is 1.64. The van der Waals surface area contributed by atoms with Crippen LogP contribution >= 0.6 is 0 Å². The second kappa shape index (κ2) is 7.48. The fraction of sp³-hybridized carbons (Fsp3) is 0.227. The Hall–Kier alpha value is -3.01. The Morgan fingerprint density at radius 3 is 2.35 bits per heavy atom. The summed E-state index contributed by atoms with van der Waals surface area (Å²) in [6.07, 6.45) is 0.786. The number of carbonyl (C=O) groups is 1. The summed E-state index contributed by atoms with van der Waals surface area (Å²) in [5, 5.41) is 0. The van der Waals surface area contributed by atoms with Gasteiger partial charge in [0.25, 0.3) is 5.91 Å². The molecule has 4 nitrogen and oxygen atoms in total. The van der Waals surface area contributed by atoms with Crippen molar-refractivity contribution in [2.24, 2.45) is 5.73 Å². The van der Waals surface area contributed by atoms with E-state index in [0.717, 1.165) is 34.7 Å². The van der Waals surface area contributed by atoms with Crippen LogP contribution in [0.15, 0.2) is 54.6 Å². The zero-order chi connectivity index (χ0) is 18.7. The Kier molecular flexibility index (Phi) is 5.12. The highest BCUT2D eigenvalue weighted by Gasteiger charge is 2.25. The lowest BCUT2D eigenvalue weighted by Gasteiger charge is -2.13. The van der Waals surface area contributed by atoms with E-state index in [2.05, 4.69) is 23.6 Å². The highest BCUT2D eigenvalue weighted by molar-refractivity contribution is 6.03. The van der Waals surface area contributed by atoms with Crippen molar-refractivity contribution in [3.63, 3.8) is 0 Å². The van der Waals surface area contributed by atoms with Gasteiger partial charge in [0.1, 0.15) is 5.75 Å². The summed E-state index contributed by atoms with van der Waals surface area (Å²) in [5.74, 6) is 0.325. The number of rotatable bonds is 6. The Bertz CT molecular complexity index is 927. The molecule has 0 spiro atoms. The molecular weight excluding hydrogens is 324 g/mol. The quantitative estimate of drug-likeness (QED) is 0.726. The van der Waals surface area contributed by atoms with Gasteiger partial charge in [0, 0.05) is 29.1 Å². The fourth-order valence-electron chi connectivity index (χ4n) is 3.59. The maximum Gasteiger partial charge on any atom is 0.251 e. The highest BCUT2D eigenvalue weighted by Crippen LogP contribution is 2.38. The third kappa shape index (κ3) is 3.10. The molecule has 0 aliphatic carbocycles. The van der Waals surface area contributed by atoms with Crippen LogP contribution in [-0.2, 0) is 13.0 Å². The summed E-state index contributed by atoms with van der Waals surface area (Å²) in [4.78, 5) is 12.3. The molecule has 3 rings (SSSR count). The predicted molar refractivity (Wildman–Crippen MR) is 105 cm³/mol. The van der Waals surface area contributed by atoms with E-state index in [1.54, 1.807) is 7.11 Å². The zero-order valence-electron chi connectivity index (χ0n) is 15.5. The van der Waals surface area contributed by atoms with E-state index in [4.69, 9.17) is 10.5 Å². The van der Waals surface area contributed by atoms with Crippen molar-refractivity contribution in [1.29, 1.82) is 0 Å². The first kappa shape index (κ1) is 17.8. The molecule has 4 heteroatoms. The average molecular weight is 348 g/mol. The summed E-state index contributed by atoms with van der Waals surface area (Å²) < 4.78 is 7.73. The summed E-state index contributed by atoms with van der Waals surface area (Å²) >= 11 is 0. The van der Waals surface area contributed by atoms with Crippen LogP contribution in [0.3, 0.4) is 0 Å². The summed E-state index contributed by atoms with van der Waals surface area (Å²) in [6.45, 7) is 4.76. The van der Waals surface area contributed by atoms with Crippen molar-refractivity contribution in [1.82, 2.24) is 4.57 Å². The van der Waals surface area contributed by atoms with Crippen molar-refractivity contribution >= 4 is 5.91 Å². The van der Waals surface area contributed by atoms with Gasteiger partial charge in [0.2, 0.25) is 0 Å². The molecule has 3 aromatic rings. The molecule has 0 saturated carbocycles. The van der Waals surface area contributed by atoms with Gasteiger partial charge in [-0.05, 0) is 25.0 Å². The van der Waals surface area contributed by atoms with Crippen molar-refractivity contribution in [3.05, 3.63) is 77.1 Å². The average Bonchev–Trinajstić information content (AvgIpc) is 2.94. The smallest absolute Gasteiger partial charge is 0.251 e. The number of para-hydroxylation sites is 1. The molecule has 1 amide bonds. The van der Waals surface area contributed by atoms with E-state index < -0.39 is 5.91 Å². The van der Waals surface area contributed by atoms with E-state index >= 15 is 0 Å². The highest BCUT2D eigenvalue weighted by atomic mass is 16.5. The molecule has 0 fully saturated rings. The number of ether oxygens (including phenoxy) is 1. The molecule has 0 atom stereocenters. The van der Waals surface area contributed by atoms with Crippen LogP contribution in [0.25, 0.3) is 11.1 Å². The van der Waals surface area contributed by atoms with Gasteiger partial charge >= 0.3 is 0 Å². The van der Waals surface area contributed by atoms with Crippen molar-refractivity contribution < 1.29 is 9.53 Å². The van der Waals surface area contributed by atoms with E-state index in [9.17, 15) is 4.79 Å². The van der Waals surface area contributed by atoms with Gasteiger partial charge in [-0.25, -0.2) is 0 Å². The van der Waals surface area contributed by atoms with Crippen LogP contribution < -0.4 is 10.5 Å². The normalized spacial score (nSPS) is 10.7. The molecule has 2 N–H and O–H groups in total. The predicted octanol–water partition coefficient (Wildman–Crippen LogP) is 4.18. The lowest BCUT2D eigenvalue weighted by Crippen LogP contribution is -2.13. The largest absolute Gasteiger partial charge is 0.496 e. The van der Waals surface area contributed by atoms with Crippen LogP contribution in [0.2, 0.25) is 0 Å². The second-order valence-electron chi connectivity index (χ2n) is 6.27. The molecule has 2 aromatic carbocycles. The monoisotopic (exact) mass is 348 g/mol. The first-order valence-corrected chi connectivity index (χ1v) is 8.77. The molecular formula is C22H24N2O2. The third-order valence-electron chi connectivity index (χ3n) is 4.77. The van der Waals surface area contributed by atoms with Gasteiger partial charge in [-0.1, -0.05) is 55.5 Å². The number of benzene rings is 2. The molecule has 134 valence electrons. The second-order valence-corrected chi connectivity index (χ2v) is 6.27. The number of amides is 1. The van der Waals surface area contributed by atoms with E-state index in [-0.39, 0.29) is 0 Å². The SMILES string of the molecule is CCc1c(-c2ccccc2OC)c(C(N)=O)c(C)n1Cc1ccccc1. The summed E-state index contributed by atoms with van der Waals surface area (Å²) in [6, 6.07) is 18.0. The number of carbonyl (C=O) groups excluding carboxylic acids is 1. The van der Waals surface area contributed by atoms with Crippen LogP contribution in [-0.4, -0.2) is 17.6 Å². The number of aromatic nitrogens is 1. The number of hydrogen-bond acceptors (Lipinski definition) is 2. The molecule has 0 radical (unpaired) electrons. The number of methoxy groups -OCH3 is 1. The van der Waals surface area contributed by atoms with E-state index in [1.807, 2.05) is 49.4 Å². The van der Waals surface area contributed by atoms with E-state index in [0.29, 0.717) is 12.1 Å². The van der Waals surface area contributed by atoms with Crippen molar-refractivity contribution in [3.8, 4) is 16.9 Å². The van der Waals surface area contributed by atoms with Gasteiger partial charge in [0.15, 0.2) is 0 Å². The Morgan fingerprint density at radius 2 is 1.73 bits per heavy atom. The van der Waals surface area contributed by atoms with Crippen molar-refractivity contribution in [2.45, 2.75) is 26.8 Å². The van der Waals surface area contributed by atoms with Crippen LogP contribution in [0, 0.1) is 6.92 Å². The van der Waals surface area contributed by atoms with Gasteiger partial charge < -0.3 is 15.0 Å². The van der Waals surface area contributed by atoms with Crippen molar-refractivity contribution in [2.75, 3.05) is 7.11 Å². The maximum atomic E-state index is 12.3. The Balaban J connectivity index is 2.26. The van der Waals surface area contributed by atoms with Crippen LogP contribution in [0.5, 0.6) is 5.75 Å². The molecule has 0 saturated heterocycles. The fourth-order valence-corrected chi connectivity index (χ4v) is 3.59. The van der Waals surface area contributed by atoms with Gasteiger partial charge in [-0.3, -0.25) is 4.79 Å². The molecule has 0 unspecified atom stereocenters.